The van der Waals surface area contributed by atoms with Crippen LogP contribution >= 0.6 is 0 Å². The van der Waals surface area contributed by atoms with Crippen LogP contribution in [0.5, 0.6) is 5.75 Å². The molecule has 3 heteroatoms. The molecule has 3 nitrogen and oxygen atoms in total. The van der Waals surface area contributed by atoms with Gasteiger partial charge < -0.3 is 9.64 Å². The van der Waals surface area contributed by atoms with E-state index in [1.54, 1.807) is 12.1 Å². The Morgan fingerprint density at radius 1 is 1.50 bits per heavy atom. The molecule has 0 N–H and O–H groups in total. The second kappa shape index (κ2) is 6.97. The van der Waals surface area contributed by atoms with Crippen LogP contribution in [0, 0.1) is 5.92 Å². The summed E-state index contributed by atoms with van der Waals surface area (Å²) in [5.74, 6) is 0.834. The number of rotatable bonds is 7. The first-order valence-electron chi connectivity index (χ1n) is 6.07. The van der Waals surface area contributed by atoms with Crippen LogP contribution in [0.4, 0.5) is 0 Å². The number of benzene rings is 1. The van der Waals surface area contributed by atoms with Gasteiger partial charge in [0.15, 0.2) is 5.78 Å². The molecule has 0 aliphatic carbocycles. The Morgan fingerprint density at radius 3 is 2.83 bits per heavy atom. The zero-order valence-corrected chi connectivity index (χ0v) is 11.3. The first-order chi connectivity index (χ1) is 8.54. The SMILES string of the molecule is C=CCOc1cccc(C(=O)C(C)CN(C)C)c1. The lowest BCUT2D eigenvalue weighted by molar-refractivity contribution is 0.0909. The summed E-state index contributed by atoms with van der Waals surface area (Å²) in [6.07, 6.45) is 1.68. The lowest BCUT2D eigenvalue weighted by atomic mass is 9.99. The standard InChI is InChI=1S/C15H21NO2/c1-5-9-18-14-8-6-7-13(10-14)15(17)12(2)11-16(3)4/h5-8,10,12H,1,9,11H2,2-4H3. The minimum absolute atomic E-state index is 0.0188. The number of ether oxygens (including phenoxy) is 1. The predicted octanol–water partition coefficient (Wildman–Crippen LogP) is 2.63. The molecule has 18 heavy (non-hydrogen) atoms. The topological polar surface area (TPSA) is 29.5 Å². The van der Waals surface area contributed by atoms with Crippen molar-refractivity contribution in [2.24, 2.45) is 5.92 Å². The molecular formula is C15H21NO2. The van der Waals surface area contributed by atoms with Gasteiger partial charge in [0, 0.05) is 18.0 Å². The third kappa shape index (κ3) is 4.34. The van der Waals surface area contributed by atoms with Gasteiger partial charge in [-0.15, -0.1) is 0 Å². The van der Waals surface area contributed by atoms with Crippen molar-refractivity contribution in [2.75, 3.05) is 27.2 Å². The molecule has 0 saturated carbocycles. The fourth-order valence-electron chi connectivity index (χ4n) is 1.81. The molecule has 0 radical (unpaired) electrons. The first-order valence-corrected chi connectivity index (χ1v) is 6.07. The zero-order valence-electron chi connectivity index (χ0n) is 11.3. The molecule has 1 unspecified atom stereocenters. The molecule has 0 heterocycles. The van der Waals surface area contributed by atoms with E-state index >= 15 is 0 Å². The number of hydrogen-bond acceptors (Lipinski definition) is 3. The van der Waals surface area contributed by atoms with Crippen molar-refractivity contribution in [3.63, 3.8) is 0 Å². The number of carbonyl (C=O) groups excluding carboxylic acids is 1. The van der Waals surface area contributed by atoms with Crippen molar-refractivity contribution < 1.29 is 9.53 Å². The normalized spacial score (nSPS) is 12.2. The predicted molar refractivity (Wildman–Crippen MR) is 74.2 cm³/mol. The van der Waals surface area contributed by atoms with Crippen LogP contribution in [-0.2, 0) is 0 Å². The molecule has 1 aromatic rings. The smallest absolute Gasteiger partial charge is 0.167 e. The van der Waals surface area contributed by atoms with Gasteiger partial charge >= 0.3 is 0 Å². The van der Waals surface area contributed by atoms with E-state index in [0.717, 1.165) is 6.54 Å². The third-order valence-electron chi connectivity index (χ3n) is 2.57. The van der Waals surface area contributed by atoms with E-state index in [2.05, 4.69) is 6.58 Å². The van der Waals surface area contributed by atoms with Gasteiger partial charge in [-0.1, -0.05) is 31.7 Å². The summed E-state index contributed by atoms with van der Waals surface area (Å²) in [5, 5.41) is 0. The highest BCUT2D eigenvalue weighted by molar-refractivity contribution is 5.98. The number of nitrogens with zero attached hydrogens (tertiary/aromatic N) is 1. The van der Waals surface area contributed by atoms with Crippen molar-refractivity contribution >= 4 is 5.78 Å². The maximum absolute atomic E-state index is 12.2. The molecule has 0 aromatic heterocycles. The number of carbonyl (C=O) groups is 1. The summed E-state index contributed by atoms with van der Waals surface area (Å²) in [6, 6.07) is 7.30. The Bertz CT molecular complexity index is 413. The van der Waals surface area contributed by atoms with Crippen LogP contribution in [0.1, 0.15) is 17.3 Å². The van der Waals surface area contributed by atoms with E-state index in [1.165, 1.54) is 0 Å². The van der Waals surface area contributed by atoms with Crippen LogP contribution in [0.15, 0.2) is 36.9 Å². The van der Waals surface area contributed by atoms with Crippen molar-refractivity contribution in [1.29, 1.82) is 0 Å². The molecule has 0 fully saturated rings. The summed E-state index contributed by atoms with van der Waals surface area (Å²) in [6.45, 7) is 6.74. The Balaban J connectivity index is 2.76. The Labute approximate surface area is 109 Å². The summed E-state index contributed by atoms with van der Waals surface area (Å²) in [7, 11) is 3.93. The molecule has 0 spiro atoms. The van der Waals surface area contributed by atoms with Gasteiger partial charge in [0.1, 0.15) is 12.4 Å². The van der Waals surface area contributed by atoms with Gasteiger partial charge in [0.05, 0.1) is 0 Å². The van der Waals surface area contributed by atoms with Crippen molar-refractivity contribution in [3.05, 3.63) is 42.5 Å². The molecule has 0 aliphatic rings. The molecule has 1 rings (SSSR count). The molecular weight excluding hydrogens is 226 g/mol. The maximum atomic E-state index is 12.2. The molecule has 1 aromatic carbocycles. The Hall–Kier alpha value is -1.61. The van der Waals surface area contributed by atoms with E-state index < -0.39 is 0 Å². The van der Waals surface area contributed by atoms with Crippen molar-refractivity contribution in [1.82, 2.24) is 4.90 Å². The Kier molecular flexibility index (Phi) is 5.59. The van der Waals surface area contributed by atoms with Crippen molar-refractivity contribution in [2.45, 2.75) is 6.92 Å². The van der Waals surface area contributed by atoms with Gasteiger partial charge in [-0.2, -0.15) is 0 Å². The van der Waals surface area contributed by atoms with E-state index in [-0.39, 0.29) is 11.7 Å². The van der Waals surface area contributed by atoms with E-state index in [0.29, 0.717) is 17.9 Å². The second-order valence-electron chi connectivity index (χ2n) is 4.66. The van der Waals surface area contributed by atoms with Gasteiger partial charge in [-0.3, -0.25) is 4.79 Å². The average molecular weight is 247 g/mol. The lowest BCUT2D eigenvalue weighted by Gasteiger charge is -2.16. The van der Waals surface area contributed by atoms with E-state index in [1.807, 2.05) is 44.1 Å². The van der Waals surface area contributed by atoms with Gasteiger partial charge in [-0.25, -0.2) is 0 Å². The maximum Gasteiger partial charge on any atom is 0.167 e. The van der Waals surface area contributed by atoms with Crippen LogP contribution in [0.25, 0.3) is 0 Å². The number of Topliss-reactive ketones (excluding diaryl/α,β-unsaturated/α-hetero) is 1. The molecule has 0 aliphatic heterocycles. The fraction of sp³-hybridized carbons (Fsp3) is 0.400. The average Bonchev–Trinajstić information content (AvgIpc) is 2.35. The molecule has 98 valence electrons. The number of ketones is 1. The van der Waals surface area contributed by atoms with Crippen molar-refractivity contribution in [3.8, 4) is 5.75 Å². The summed E-state index contributed by atoms with van der Waals surface area (Å²) < 4.78 is 5.43. The monoisotopic (exact) mass is 247 g/mol. The summed E-state index contributed by atoms with van der Waals surface area (Å²) >= 11 is 0. The van der Waals surface area contributed by atoms with E-state index in [9.17, 15) is 4.79 Å². The van der Waals surface area contributed by atoms with Crippen LogP contribution in [0.2, 0.25) is 0 Å². The van der Waals surface area contributed by atoms with Gasteiger partial charge in [0.2, 0.25) is 0 Å². The zero-order chi connectivity index (χ0) is 13.5. The molecule has 1 atom stereocenters. The largest absolute Gasteiger partial charge is 0.490 e. The highest BCUT2D eigenvalue weighted by atomic mass is 16.5. The fourth-order valence-corrected chi connectivity index (χ4v) is 1.81. The third-order valence-corrected chi connectivity index (χ3v) is 2.57. The minimum atomic E-state index is -0.0188. The van der Waals surface area contributed by atoms with Crippen LogP contribution in [-0.4, -0.2) is 37.9 Å². The molecule has 0 saturated heterocycles. The first kappa shape index (κ1) is 14.5. The quantitative estimate of drug-likeness (QED) is 0.548. The molecule has 0 amide bonds. The highest BCUT2D eigenvalue weighted by Crippen LogP contribution is 2.17. The molecule has 0 bridgehead atoms. The summed E-state index contributed by atoms with van der Waals surface area (Å²) in [4.78, 5) is 14.2. The number of hydrogen-bond donors (Lipinski definition) is 0. The van der Waals surface area contributed by atoms with E-state index in [4.69, 9.17) is 4.74 Å². The minimum Gasteiger partial charge on any atom is -0.490 e. The lowest BCUT2D eigenvalue weighted by Crippen LogP contribution is -2.25. The highest BCUT2D eigenvalue weighted by Gasteiger charge is 2.16. The second-order valence-corrected chi connectivity index (χ2v) is 4.66. The van der Waals surface area contributed by atoms with Gasteiger partial charge in [-0.05, 0) is 26.2 Å². The van der Waals surface area contributed by atoms with Crippen LogP contribution in [0.3, 0.4) is 0 Å². The van der Waals surface area contributed by atoms with Gasteiger partial charge in [0.25, 0.3) is 0 Å². The Morgan fingerprint density at radius 2 is 2.22 bits per heavy atom. The van der Waals surface area contributed by atoms with Crippen LogP contribution < -0.4 is 4.74 Å². The summed E-state index contributed by atoms with van der Waals surface area (Å²) in [5.41, 5.74) is 0.700.